The first kappa shape index (κ1) is 17.4. The van der Waals surface area contributed by atoms with Gasteiger partial charge in [-0.2, -0.15) is 4.98 Å². The molecule has 3 rings (SSSR count). The number of hydrogen-bond donors (Lipinski definition) is 2. The summed E-state index contributed by atoms with van der Waals surface area (Å²) in [6.45, 7) is 2.55. The fraction of sp³-hybridized carbons (Fsp3) is 0.500. The fourth-order valence-electron chi connectivity index (χ4n) is 3.17. The highest BCUT2D eigenvalue weighted by Crippen LogP contribution is 2.33. The highest BCUT2D eigenvalue weighted by Gasteiger charge is 2.41. The molecule has 25 heavy (non-hydrogen) atoms. The Balaban J connectivity index is 1.64. The zero-order valence-electron chi connectivity index (χ0n) is 14.7. The van der Waals surface area contributed by atoms with Crippen LogP contribution in [-0.4, -0.2) is 28.7 Å². The van der Waals surface area contributed by atoms with Crippen molar-refractivity contribution < 1.29 is 14.1 Å². The molecule has 134 valence electrons. The molecule has 0 saturated heterocycles. The van der Waals surface area contributed by atoms with Crippen LogP contribution in [0, 0.1) is 6.92 Å². The first-order valence-electron chi connectivity index (χ1n) is 8.55. The van der Waals surface area contributed by atoms with Crippen molar-refractivity contribution in [3.05, 3.63) is 41.5 Å². The minimum absolute atomic E-state index is 0.0244. The molecule has 1 aliphatic carbocycles. The summed E-state index contributed by atoms with van der Waals surface area (Å²) in [6, 6.07) is 8.11. The van der Waals surface area contributed by atoms with Gasteiger partial charge in [-0.3, -0.25) is 4.79 Å². The van der Waals surface area contributed by atoms with Gasteiger partial charge >= 0.3 is 0 Å². The summed E-state index contributed by atoms with van der Waals surface area (Å²) in [4.78, 5) is 17.0. The van der Waals surface area contributed by atoms with Gasteiger partial charge < -0.3 is 19.9 Å². The summed E-state index contributed by atoms with van der Waals surface area (Å²) in [5.41, 5.74) is 1.58. The third-order valence-corrected chi connectivity index (χ3v) is 4.51. The lowest BCUT2D eigenvalue weighted by atomic mass is 9.95. The van der Waals surface area contributed by atoms with Crippen molar-refractivity contribution in [3.8, 4) is 0 Å². The number of aryl methyl sites for hydroxylation is 1. The summed E-state index contributed by atoms with van der Waals surface area (Å²) in [6.07, 6.45) is 3.70. The standard InChI is InChI=1S/C18H24N4O3/c1-13-5-7-14(8-6-13)21-18(9-3-4-10-18)17(23)19-11-15-20-16(12-24-2)25-22-15/h5-8,21H,3-4,9-12H2,1-2H3,(H,19,23). The smallest absolute Gasteiger partial charge is 0.252 e. The predicted octanol–water partition coefficient (Wildman–Crippen LogP) is 2.57. The van der Waals surface area contributed by atoms with Crippen LogP contribution in [-0.2, 0) is 22.7 Å². The summed E-state index contributed by atoms with van der Waals surface area (Å²) in [7, 11) is 1.56. The van der Waals surface area contributed by atoms with Gasteiger partial charge in [0.25, 0.3) is 5.89 Å². The number of nitrogens with one attached hydrogen (secondary N) is 2. The van der Waals surface area contributed by atoms with Gasteiger partial charge in [-0.1, -0.05) is 35.7 Å². The molecule has 0 radical (unpaired) electrons. The number of rotatable bonds is 7. The minimum atomic E-state index is -0.575. The van der Waals surface area contributed by atoms with Crippen LogP contribution < -0.4 is 10.6 Å². The van der Waals surface area contributed by atoms with Crippen LogP contribution in [0.3, 0.4) is 0 Å². The first-order chi connectivity index (χ1) is 12.1. The van der Waals surface area contributed by atoms with Gasteiger partial charge in [-0.25, -0.2) is 0 Å². The highest BCUT2D eigenvalue weighted by atomic mass is 16.5. The molecule has 0 aliphatic heterocycles. The maximum Gasteiger partial charge on any atom is 0.252 e. The third-order valence-electron chi connectivity index (χ3n) is 4.51. The van der Waals surface area contributed by atoms with Crippen LogP contribution in [0.15, 0.2) is 28.8 Å². The molecule has 7 heteroatoms. The molecule has 1 aromatic carbocycles. The summed E-state index contributed by atoms with van der Waals surface area (Å²) in [5.74, 6) is 0.827. The molecule has 7 nitrogen and oxygen atoms in total. The predicted molar refractivity (Wildman–Crippen MR) is 92.9 cm³/mol. The maximum absolute atomic E-state index is 12.9. The third kappa shape index (κ3) is 4.17. The van der Waals surface area contributed by atoms with Crippen LogP contribution in [0.4, 0.5) is 5.69 Å². The lowest BCUT2D eigenvalue weighted by molar-refractivity contribution is -0.125. The Bertz CT molecular complexity index is 705. The van der Waals surface area contributed by atoms with Crippen molar-refractivity contribution >= 4 is 11.6 Å². The largest absolute Gasteiger partial charge is 0.375 e. The van der Waals surface area contributed by atoms with Crippen LogP contribution in [0.2, 0.25) is 0 Å². The molecular formula is C18H24N4O3. The Labute approximate surface area is 147 Å². The van der Waals surface area contributed by atoms with Gasteiger partial charge in [-0.05, 0) is 31.9 Å². The van der Waals surface area contributed by atoms with Gasteiger partial charge in [0, 0.05) is 12.8 Å². The lowest BCUT2D eigenvalue weighted by Crippen LogP contribution is -2.50. The molecule has 1 amide bonds. The molecule has 1 heterocycles. The van der Waals surface area contributed by atoms with Gasteiger partial charge in [0.2, 0.25) is 5.91 Å². The van der Waals surface area contributed by atoms with E-state index < -0.39 is 5.54 Å². The van der Waals surface area contributed by atoms with Crippen LogP contribution in [0.1, 0.15) is 43.0 Å². The van der Waals surface area contributed by atoms with E-state index in [0.29, 0.717) is 11.7 Å². The molecule has 1 aromatic heterocycles. The number of benzene rings is 1. The second-order valence-electron chi connectivity index (χ2n) is 6.50. The second-order valence-corrected chi connectivity index (χ2v) is 6.50. The number of aromatic nitrogens is 2. The molecule has 2 N–H and O–H groups in total. The second kappa shape index (κ2) is 7.65. The highest BCUT2D eigenvalue weighted by molar-refractivity contribution is 5.89. The number of carbonyl (C=O) groups is 1. The van der Waals surface area contributed by atoms with E-state index in [-0.39, 0.29) is 19.1 Å². The average molecular weight is 344 g/mol. The topological polar surface area (TPSA) is 89.3 Å². The molecule has 0 bridgehead atoms. The normalized spacial score (nSPS) is 15.9. The van der Waals surface area contributed by atoms with Crippen molar-refractivity contribution in [2.75, 3.05) is 12.4 Å². The Morgan fingerprint density at radius 1 is 1.28 bits per heavy atom. The first-order valence-corrected chi connectivity index (χ1v) is 8.55. The summed E-state index contributed by atoms with van der Waals surface area (Å²) < 4.78 is 9.99. The van der Waals surface area contributed by atoms with Crippen LogP contribution >= 0.6 is 0 Å². The summed E-state index contributed by atoms with van der Waals surface area (Å²) in [5, 5.41) is 10.2. The van der Waals surface area contributed by atoms with E-state index in [1.54, 1.807) is 7.11 Å². The van der Waals surface area contributed by atoms with E-state index in [1.807, 2.05) is 31.2 Å². The molecular weight excluding hydrogens is 320 g/mol. The molecule has 0 atom stereocenters. The molecule has 0 unspecified atom stereocenters. The molecule has 1 saturated carbocycles. The van der Waals surface area contributed by atoms with Crippen molar-refractivity contribution in [2.45, 2.75) is 51.3 Å². The van der Waals surface area contributed by atoms with Crippen LogP contribution in [0.25, 0.3) is 0 Å². The van der Waals surface area contributed by atoms with Crippen molar-refractivity contribution in [2.24, 2.45) is 0 Å². The molecule has 2 aromatic rings. The number of anilines is 1. The van der Waals surface area contributed by atoms with E-state index in [1.165, 1.54) is 5.56 Å². The summed E-state index contributed by atoms with van der Waals surface area (Å²) >= 11 is 0. The van der Waals surface area contributed by atoms with Gasteiger partial charge in [-0.15, -0.1) is 0 Å². The van der Waals surface area contributed by atoms with E-state index in [9.17, 15) is 4.79 Å². The van der Waals surface area contributed by atoms with Crippen LogP contribution in [0.5, 0.6) is 0 Å². The molecule has 0 spiro atoms. The Morgan fingerprint density at radius 2 is 2.00 bits per heavy atom. The van der Waals surface area contributed by atoms with E-state index in [2.05, 4.69) is 20.8 Å². The average Bonchev–Trinajstić information content (AvgIpc) is 3.25. The number of ether oxygens (including phenoxy) is 1. The van der Waals surface area contributed by atoms with E-state index >= 15 is 0 Å². The monoisotopic (exact) mass is 344 g/mol. The zero-order chi connectivity index (χ0) is 17.7. The number of amides is 1. The van der Waals surface area contributed by atoms with Gasteiger partial charge in [0.1, 0.15) is 12.1 Å². The number of nitrogens with zero attached hydrogens (tertiary/aromatic N) is 2. The Morgan fingerprint density at radius 3 is 2.68 bits per heavy atom. The van der Waals surface area contributed by atoms with Crippen molar-refractivity contribution in [1.29, 1.82) is 0 Å². The number of carbonyl (C=O) groups excluding carboxylic acids is 1. The quantitative estimate of drug-likeness (QED) is 0.802. The number of methoxy groups -OCH3 is 1. The minimum Gasteiger partial charge on any atom is -0.375 e. The molecule has 1 fully saturated rings. The Hall–Kier alpha value is -2.41. The van der Waals surface area contributed by atoms with E-state index in [4.69, 9.17) is 9.26 Å². The zero-order valence-corrected chi connectivity index (χ0v) is 14.7. The van der Waals surface area contributed by atoms with Crippen molar-refractivity contribution in [1.82, 2.24) is 15.5 Å². The SMILES string of the molecule is COCc1nc(CNC(=O)C2(Nc3ccc(C)cc3)CCCC2)no1. The van der Waals surface area contributed by atoms with Crippen molar-refractivity contribution in [3.63, 3.8) is 0 Å². The number of hydrogen-bond acceptors (Lipinski definition) is 6. The van der Waals surface area contributed by atoms with E-state index in [0.717, 1.165) is 31.4 Å². The maximum atomic E-state index is 12.9. The lowest BCUT2D eigenvalue weighted by Gasteiger charge is -2.30. The van der Waals surface area contributed by atoms with Gasteiger partial charge in [0.15, 0.2) is 5.82 Å². The molecule has 1 aliphatic rings. The van der Waals surface area contributed by atoms with Gasteiger partial charge in [0.05, 0.1) is 6.54 Å². The fourth-order valence-corrected chi connectivity index (χ4v) is 3.17. The Kier molecular flexibility index (Phi) is 5.33.